The molecule has 4 nitrogen and oxygen atoms in total. The molecule has 20 heavy (non-hydrogen) atoms. The van der Waals surface area contributed by atoms with Crippen molar-refractivity contribution < 1.29 is 9.47 Å². The summed E-state index contributed by atoms with van der Waals surface area (Å²) in [5.74, 6) is 1.38. The Morgan fingerprint density at radius 3 is 2.65 bits per heavy atom. The van der Waals surface area contributed by atoms with Gasteiger partial charge < -0.3 is 20.5 Å². The van der Waals surface area contributed by atoms with E-state index in [1.165, 1.54) is 0 Å². The van der Waals surface area contributed by atoms with E-state index in [9.17, 15) is 0 Å². The van der Waals surface area contributed by atoms with Gasteiger partial charge >= 0.3 is 0 Å². The second-order valence-electron chi connectivity index (χ2n) is 5.95. The molecule has 1 saturated heterocycles. The fourth-order valence-corrected chi connectivity index (χ4v) is 2.71. The maximum atomic E-state index is 6.06. The molecule has 1 heterocycles. The quantitative estimate of drug-likeness (QED) is 0.869. The van der Waals surface area contributed by atoms with E-state index in [0.29, 0.717) is 12.5 Å². The van der Waals surface area contributed by atoms with Crippen LogP contribution < -0.4 is 15.8 Å². The van der Waals surface area contributed by atoms with Gasteiger partial charge in [-0.25, -0.2) is 0 Å². The zero-order valence-electron chi connectivity index (χ0n) is 12.7. The number of nitrogens with two attached hydrogens (primary N) is 1. The third kappa shape index (κ3) is 3.44. The first-order chi connectivity index (χ1) is 9.58. The van der Waals surface area contributed by atoms with E-state index < -0.39 is 0 Å². The van der Waals surface area contributed by atoms with Gasteiger partial charge in [-0.1, -0.05) is 13.8 Å². The fraction of sp³-hybridized carbons (Fsp3) is 0.625. The van der Waals surface area contributed by atoms with Crippen LogP contribution in [0, 0.1) is 5.92 Å². The third-order valence-electron chi connectivity index (χ3n) is 4.14. The summed E-state index contributed by atoms with van der Waals surface area (Å²) in [6, 6.07) is 8.00. The van der Waals surface area contributed by atoms with Gasteiger partial charge in [-0.2, -0.15) is 0 Å². The van der Waals surface area contributed by atoms with Crippen molar-refractivity contribution in [3.8, 4) is 5.75 Å². The van der Waals surface area contributed by atoms with Crippen molar-refractivity contribution in [3.63, 3.8) is 0 Å². The van der Waals surface area contributed by atoms with E-state index in [2.05, 4.69) is 19.2 Å². The maximum Gasteiger partial charge on any atom is 0.119 e. The van der Waals surface area contributed by atoms with Crippen LogP contribution in [-0.4, -0.2) is 31.9 Å². The molecule has 0 radical (unpaired) electrons. The van der Waals surface area contributed by atoms with Gasteiger partial charge in [0.25, 0.3) is 0 Å². The molecule has 2 unspecified atom stereocenters. The van der Waals surface area contributed by atoms with Crippen LogP contribution in [0.5, 0.6) is 5.75 Å². The van der Waals surface area contributed by atoms with Crippen molar-refractivity contribution in [2.24, 2.45) is 11.7 Å². The minimum atomic E-state index is -0.0677. The van der Waals surface area contributed by atoms with Crippen LogP contribution in [0.15, 0.2) is 24.3 Å². The smallest absolute Gasteiger partial charge is 0.119 e. The molecule has 0 aromatic heterocycles. The second kappa shape index (κ2) is 6.46. The van der Waals surface area contributed by atoms with Crippen molar-refractivity contribution >= 4 is 5.69 Å². The van der Waals surface area contributed by atoms with Crippen molar-refractivity contribution in [1.82, 2.24) is 0 Å². The Morgan fingerprint density at radius 2 is 2.10 bits per heavy atom. The standard InChI is InChI=1S/C16H26N2O2/c1-12(2)15-10-16(11-17,8-9-20-15)18-13-4-6-14(19-3)7-5-13/h4-7,12,15,18H,8-11,17H2,1-3H3. The van der Waals surface area contributed by atoms with Crippen LogP contribution in [-0.2, 0) is 4.74 Å². The van der Waals surface area contributed by atoms with E-state index in [4.69, 9.17) is 15.2 Å². The number of benzene rings is 1. The van der Waals surface area contributed by atoms with Gasteiger partial charge in [-0.05, 0) is 43.0 Å². The van der Waals surface area contributed by atoms with Gasteiger partial charge in [-0.15, -0.1) is 0 Å². The summed E-state index contributed by atoms with van der Waals surface area (Å²) < 4.78 is 11.0. The number of hydrogen-bond donors (Lipinski definition) is 2. The molecule has 1 aromatic rings. The molecule has 1 aliphatic heterocycles. The van der Waals surface area contributed by atoms with Crippen LogP contribution >= 0.6 is 0 Å². The first-order valence-electron chi connectivity index (χ1n) is 7.32. The lowest BCUT2D eigenvalue weighted by Gasteiger charge is -2.42. The minimum absolute atomic E-state index is 0.0677. The highest BCUT2D eigenvalue weighted by molar-refractivity contribution is 5.48. The van der Waals surface area contributed by atoms with Crippen LogP contribution in [0.1, 0.15) is 26.7 Å². The normalized spacial score (nSPS) is 26.6. The van der Waals surface area contributed by atoms with Crippen molar-refractivity contribution in [3.05, 3.63) is 24.3 Å². The molecule has 0 saturated carbocycles. The van der Waals surface area contributed by atoms with Gasteiger partial charge in [0.05, 0.1) is 18.8 Å². The molecule has 112 valence electrons. The zero-order valence-corrected chi connectivity index (χ0v) is 12.7. The molecule has 3 N–H and O–H groups in total. The first kappa shape index (κ1) is 15.1. The van der Waals surface area contributed by atoms with Crippen LogP contribution in [0.2, 0.25) is 0 Å². The number of hydrogen-bond acceptors (Lipinski definition) is 4. The molecule has 1 aromatic carbocycles. The number of ether oxygens (including phenoxy) is 2. The summed E-state index contributed by atoms with van der Waals surface area (Å²) >= 11 is 0. The lowest BCUT2D eigenvalue weighted by Crippen LogP contribution is -2.53. The van der Waals surface area contributed by atoms with Crippen molar-refractivity contribution in [2.45, 2.75) is 38.3 Å². The molecule has 4 heteroatoms. The van der Waals surface area contributed by atoms with Crippen LogP contribution in [0.4, 0.5) is 5.69 Å². The predicted octanol–water partition coefficient (Wildman–Crippen LogP) is 2.64. The van der Waals surface area contributed by atoms with E-state index in [1.807, 2.05) is 24.3 Å². The highest BCUT2D eigenvalue weighted by Gasteiger charge is 2.37. The largest absolute Gasteiger partial charge is 0.497 e. The molecule has 1 aliphatic rings. The molecule has 0 spiro atoms. The topological polar surface area (TPSA) is 56.5 Å². The Kier molecular flexibility index (Phi) is 4.89. The summed E-state index contributed by atoms with van der Waals surface area (Å²) in [5.41, 5.74) is 7.08. The molecular weight excluding hydrogens is 252 g/mol. The molecule has 0 amide bonds. The van der Waals surface area contributed by atoms with E-state index >= 15 is 0 Å². The van der Waals surface area contributed by atoms with Crippen molar-refractivity contribution in [1.29, 1.82) is 0 Å². The first-order valence-corrected chi connectivity index (χ1v) is 7.32. The Labute approximate surface area is 121 Å². The average molecular weight is 278 g/mol. The Bertz CT molecular complexity index is 419. The molecule has 2 rings (SSSR count). The Morgan fingerprint density at radius 1 is 1.40 bits per heavy atom. The van der Waals surface area contributed by atoms with Gasteiger partial charge in [0, 0.05) is 18.8 Å². The van der Waals surface area contributed by atoms with Gasteiger partial charge in [0.2, 0.25) is 0 Å². The Hall–Kier alpha value is -1.26. The summed E-state index contributed by atoms with van der Waals surface area (Å²) in [4.78, 5) is 0. The van der Waals surface area contributed by atoms with Crippen molar-refractivity contribution in [2.75, 3.05) is 25.6 Å². The van der Waals surface area contributed by atoms with Gasteiger partial charge in [0.1, 0.15) is 5.75 Å². The number of nitrogens with one attached hydrogen (secondary N) is 1. The van der Waals surface area contributed by atoms with Gasteiger partial charge in [0.15, 0.2) is 0 Å². The summed E-state index contributed by atoms with van der Waals surface area (Å²) in [5, 5.41) is 3.62. The molecule has 0 bridgehead atoms. The fourth-order valence-electron chi connectivity index (χ4n) is 2.71. The number of anilines is 1. The summed E-state index contributed by atoms with van der Waals surface area (Å²) in [7, 11) is 1.68. The van der Waals surface area contributed by atoms with E-state index in [1.54, 1.807) is 7.11 Å². The maximum absolute atomic E-state index is 6.06. The molecule has 1 fully saturated rings. The van der Waals surface area contributed by atoms with Crippen LogP contribution in [0.3, 0.4) is 0 Å². The highest BCUT2D eigenvalue weighted by Crippen LogP contribution is 2.31. The Balaban J connectivity index is 2.09. The lowest BCUT2D eigenvalue weighted by atomic mass is 9.83. The monoisotopic (exact) mass is 278 g/mol. The summed E-state index contributed by atoms with van der Waals surface area (Å²) in [6.45, 7) is 5.78. The number of rotatable bonds is 5. The zero-order chi connectivity index (χ0) is 14.6. The number of methoxy groups -OCH3 is 1. The SMILES string of the molecule is COc1ccc(NC2(CN)CCOC(C(C)C)C2)cc1. The molecule has 2 atom stereocenters. The molecular formula is C16H26N2O2. The highest BCUT2D eigenvalue weighted by atomic mass is 16.5. The minimum Gasteiger partial charge on any atom is -0.497 e. The lowest BCUT2D eigenvalue weighted by molar-refractivity contribution is -0.0357. The average Bonchev–Trinajstić information content (AvgIpc) is 2.48. The van der Waals surface area contributed by atoms with Gasteiger partial charge in [-0.3, -0.25) is 0 Å². The van der Waals surface area contributed by atoms with E-state index in [0.717, 1.165) is 30.9 Å². The van der Waals surface area contributed by atoms with E-state index in [-0.39, 0.29) is 11.6 Å². The molecule has 0 aliphatic carbocycles. The van der Waals surface area contributed by atoms with Crippen LogP contribution in [0.25, 0.3) is 0 Å². The third-order valence-corrected chi connectivity index (χ3v) is 4.14. The predicted molar refractivity (Wildman–Crippen MR) is 82.2 cm³/mol. The summed E-state index contributed by atoms with van der Waals surface area (Å²) in [6.07, 6.45) is 2.17. The second-order valence-corrected chi connectivity index (χ2v) is 5.95.